The third-order valence-electron chi connectivity index (χ3n) is 4.25. The van der Waals surface area contributed by atoms with Gasteiger partial charge in [0, 0.05) is 26.2 Å². The van der Waals surface area contributed by atoms with E-state index in [0.29, 0.717) is 12.4 Å². The molecule has 2 amide bonds. The number of hydrogen-bond donors (Lipinski definition) is 0. The maximum absolute atomic E-state index is 12.6. The number of anilines is 1. The number of ether oxygens (including phenoxy) is 1. The molecule has 1 aromatic rings. The van der Waals surface area contributed by atoms with Crippen molar-refractivity contribution in [3.63, 3.8) is 0 Å². The van der Waals surface area contributed by atoms with Crippen molar-refractivity contribution in [3.8, 4) is 0 Å². The van der Waals surface area contributed by atoms with E-state index in [1.807, 2.05) is 37.8 Å². The van der Waals surface area contributed by atoms with Gasteiger partial charge >= 0.3 is 6.09 Å². The molecule has 1 atom stereocenters. The molecule has 144 valence electrons. The molecule has 1 aliphatic heterocycles. The van der Waals surface area contributed by atoms with Crippen LogP contribution in [0.25, 0.3) is 0 Å². The zero-order chi connectivity index (χ0) is 19.5. The van der Waals surface area contributed by atoms with Crippen LogP contribution in [0, 0.1) is 5.92 Å². The fourth-order valence-corrected chi connectivity index (χ4v) is 3.19. The Hall–Kier alpha value is -2.11. The minimum atomic E-state index is -0.557. The van der Waals surface area contributed by atoms with Gasteiger partial charge in [-0.3, -0.25) is 9.69 Å². The van der Waals surface area contributed by atoms with Gasteiger partial charge < -0.3 is 9.64 Å². The number of likely N-dealkylation sites (tertiary alicyclic amines) is 1. The maximum atomic E-state index is 12.6. The highest BCUT2D eigenvalue weighted by Gasteiger charge is 2.29. The van der Waals surface area contributed by atoms with Crippen LogP contribution < -0.4 is 4.90 Å². The average molecular weight is 361 g/mol. The molecule has 0 radical (unpaired) electrons. The number of hydrogen-bond acceptors (Lipinski definition) is 4. The molecule has 0 saturated carbocycles. The van der Waals surface area contributed by atoms with Crippen molar-refractivity contribution < 1.29 is 14.3 Å². The monoisotopic (exact) mass is 361 g/mol. The van der Waals surface area contributed by atoms with Crippen molar-refractivity contribution in [2.75, 3.05) is 18.0 Å². The van der Waals surface area contributed by atoms with Crippen LogP contribution in [0.5, 0.6) is 0 Å². The summed E-state index contributed by atoms with van der Waals surface area (Å²) in [4.78, 5) is 32.3. The molecule has 0 aliphatic carbocycles. The summed E-state index contributed by atoms with van der Waals surface area (Å²) in [7, 11) is 0. The molecular weight excluding hydrogens is 330 g/mol. The van der Waals surface area contributed by atoms with Gasteiger partial charge in [0.1, 0.15) is 11.4 Å². The molecule has 0 spiro atoms. The quantitative estimate of drug-likeness (QED) is 0.808. The topological polar surface area (TPSA) is 62.7 Å². The molecule has 26 heavy (non-hydrogen) atoms. The Morgan fingerprint density at radius 2 is 2.04 bits per heavy atom. The van der Waals surface area contributed by atoms with Gasteiger partial charge in [0.15, 0.2) is 0 Å². The van der Waals surface area contributed by atoms with Gasteiger partial charge in [-0.15, -0.1) is 0 Å². The lowest BCUT2D eigenvalue weighted by Gasteiger charge is -2.28. The Morgan fingerprint density at radius 1 is 1.35 bits per heavy atom. The Balaban J connectivity index is 2.21. The average Bonchev–Trinajstić information content (AvgIpc) is 3.00. The first-order valence-corrected chi connectivity index (χ1v) is 9.32. The van der Waals surface area contributed by atoms with E-state index < -0.39 is 11.7 Å². The lowest BCUT2D eigenvalue weighted by Crippen LogP contribution is -2.39. The van der Waals surface area contributed by atoms with Crippen LogP contribution in [0.4, 0.5) is 10.6 Å². The Kier molecular flexibility index (Phi) is 6.26. The van der Waals surface area contributed by atoms with Gasteiger partial charge in [0.05, 0.1) is 6.04 Å². The van der Waals surface area contributed by atoms with E-state index in [2.05, 4.69) is 18.8 Å². The van der Waals surface area contributed by atoms with Gasteiger partial charge in [-0.25, -0.2) is 9.78 Å². The number of rotatable bonds is 4. The van der Waals surface area contributed by atoms with Crippen LogP contribution in [0.1, 0.15) is 66.0 Å². The Bertz CT molecular complexity index is 635. The minimum Gasteiger partial charge on any atom is -0.443 e. The van der Waals surface area contributed by atoms with E-state index in [1.165, 1.54) is 0 Å². The molecule has 1 aliphatic rings. The van der Waals surface area contributed by atoms with Crippen LogP contribution in [0.15, 0.2) is 18.3 Å². The van der Waals surface area contributed by atoms with Gasteiger partial charge in [-0.2, -0.15) is 0 Å². The third-order valence-corrected chi connectivity index (χ3v) is 4.25. The Labute approximate surface area is 156 Å². The van der Waals surface area contributed by atoms with Gasteiger partial charge in [-0.05, 0) is 51.2 Å². The van der Waals surface area contributed by atoms with Crippen LogP contribution in [-0.2, 0) is 9.53 Å². The van der Waals surface area contributed by atoms with E-state index >= 15 is 0 Å². The summed E-state index contributed by atoms with van der Waals surface area (Å²) in [5.41, 5.74) is 0.452. The zero-order valence-corrected chi connectivity index (χ0v) is 16.8. The predicted octanol–water partition coefficient (Wildman–Crippen LogP) is 4.16. The lowest BCUT2D eigenvalue weighted by molar-refractivity contribution is -0.129. The molecule has 6 nitrogen and oxygen atoms in total. The number of aromatic nitrogens is 1. The van der Waals surface area contributed by atoms with Crippen LogP contribution >= 0.6 is 0 Å². The van der Waals surface area contributed by atoms with Crippen molar-refractivity contribution in [1.29, 1.82) is 0 Å². The fourth-order valence-electron chi connectivity index (χ4n) is 3.19. The van der Waals surface area contributed by atoms with Crippen LogP contribution in [0.2, 0.25) is 0 Å². The summed E-state index contributed by atoms with van der Waals surface area (Å²) in [6.45, 7) is 12.6. The molecule has 2 heterocycles. The summed E-state index contributed by atoms with van der Waals surface area (Å²) in [6, 6.07) is 3.89. The normalized spacial score (nSPS) is 17.5. The molecule has 0 unspecified atom stereocenters. The minimum absolute atomic E-state index is 0.0779. The second-order valence-electron chi connectivity index (χ2n) is 8.30. The molecule has 2 rings (SSSR count). The van der Waals surface area contributed by atoms with Crippen molar-refractivity contribution in [2.24, 2.45) is 5.92 Å². The number of amides is 2. The first-order chi connectivity index (χ1) is 12.1. The Morgan fingerprint density at radius 3 is 2.54 bits per heavy atom. The number of carbonyl (C=O) groups excluding carboxylic acids is 2. The molecule has 0 aromatic carbocycles. The number of nitrogens with zero attached hydrogens (tertiary/aromatic N) is 3. The molecule has 1 fully saturated rings. The second kappa shape index (κ2) is 8.06. The van der Waals surface area contributed by atoms with E-state index in [-0.39, 0.29) is 17.9 Å². The SMILES string of the molecule is CC(=O)N1CCC[C@H]1c1ccc(N(CC(C)C)C(=O)OC(C)(C)C)nc1. The van der Waals surface area contributed by atoms with Crippen molar-refractivity contribution in [1.82, 2.24) is 9.88 Å². The van der Waals surface area contributed by atoms with E-state index in [1.54, 1.807) is 18.0 Å². The van der Waals surface area contributed by atoms with Crippen molar-refractivity contribution in [3.05, 3.63) is 23.9 Å². The number of carbonyl (C=O) groups is 2. The highest BCUT2D eigenvalue weighted by molar-refractivity contribution is 5.86. The number of pyridine rings is 1. The predicted molar refractivity (Wildman–Crippen MR) is 102 cm³/mol. The first-order valence-electron chi connectivity index (χ1n) is 9.32. The van der Waals surface area contributed by atoms with Crippen LogP contribution in [0.3, 0.4) is 0 Å². The van der Waals surface area contributed by atoms with Crippen LogP contribution in [-0.4, -0.2) is 40.6 Å². The largest absolute Gasteiger partial charge is 0.443 e. The molecule has 1 saturated heterocycles. The highest BCUT2D eigenvalue weighted by Crippen LogP contribution is 2.32. The summed E-state index contributed by atoms with van der Waals surface area (Å²) in [5.74, 6) is 0.947. The molecule has 6 heteroatoms. The van der Waals surface area contributed by atoms with Gasteiger partial charge in [0.2, 0.25) is 5.91 Å². The van der Waals surface area contributed by atoms with E-state index in [4.69, 9.17) is 4.74 Å². The molecule has 0 N–H and O–H groups in total. The maximum Gasteiger partial charge on any atom is 0.416 e. The molecule has 0 bridgehead atoms. The van der Waals surface area contributed by atoms with E-state index in [0.717, 1.165) is 24.9 Å². The second-order valence-corrected chi connectivity index (χ2v) is 8.30. The molecular formula is C20H31N3O3. The fraction of sp³-hybridized carbons (Fsp3) is 0.650. The van der Waals surface area contributed by atoms with E-state index in [9.17, 15) is 9.59 Å². The third kappa shape index (κ3) is 5.19. The first kappa shape index (κ1) is 20.2. The lowest BCUT2D eigenvalue weighted by atomic mass is 10.1. The summed E-state index contributed by atoms with van der Waals surface area (Å²) >= 11 is 0. The zero-order valence-electron chi connectivity index (χ0n) is 16.8. The highest BCUT2D eigenvalue weighted by atomic mass is 16.6. The van der Waals surface area contributed by atoms with Gasteiger partial charge in [-0.1, -0.05) is 19.9 Å². The standard InChI is InChI=1S/C20H31N3O3/c1-14(2)13-23(19(25)26-20(4,5)6)18-10-9-16(12-21-18)17-8-7-11-22(17)15(3)24/h9-10,12,14,17H,7-8,11,13H2,1-6H3/t17-/m0/s1. The van der Waals surface area contributed by atoms with Gasteiger partial charge in [0.25, 0.3) is 0 Å². The smallest absolute Gasteiger partial charge is 0.416 e. The summed E-state index contributed by atoms with van der Waals surface area (Å²) < 4.78 is 5.53. The summed E-state index contributed by atoms with van der Waals surface area (Å²) in [5, 5.41) is 0. The van der Waals surface area contributed by atoms with Crippen molar-refractivity contribution in [2.45, 2.75) is 66.0 Å². The summed E-state index contributed by atoms with van der Waals surface area (Å²) in [6.07, 6.45) is 3.34. The molecule has 1 aromatic heterocycles. The van der Waals surface area contributed by atoms with Crippen molar-refractivity contribution >= 4 is 17.8 Å².